The van der Waals surface area contributed by atoms with Gasteiger partial charge < -0.3 is 10.1 Å². The van der Waals surface area contributed by atoms with Crippen LogP contribution in [0.4, 0.5) is 10.1 Å². The molecule has 0 aromatic heterocycles. The van der Waals surface area contributed by atoms with Crippen LogP contribution in [0, 0.1) is 18.7 Å². The van der Waals surface area contributed by atoms with E-state index in [9.17, 15) is 14.0 Å². The molecule has 1 amide bonds. The lowest BCUT2D eigenvalue weighted by molar-refractivity contribution is -0.148. The molecule has 5 heteroatoms. The molecule has 1 N–H and O–H groups in total. The lowest BCUT2D eigenvalue weighted by Gasteiger charge is -2.10. The molecule has 0 heterocycles. The number of amides is 1. The van der Waals surface area contributed by atoms with Gasteiger partial charge >= 0.3 is 5.97 Å². The molecule has 1 aromatic carbocycles. The summed E-state index contributed by atoms with van der Waals surface area (Å²) < 4.78 is 18.1. The molecule has 0 unspecified atom stereocenters. The molecular formula is C16H20FNO3. The van der Waals surface area contributed by atoms with Gasteiger partial charge in [-0.05, 0) is 43.4 Å². The molecule has 2 rings (SSSR count). The van der Waals surface area contributed by atoms with E-state index in [1.807, 2.05) is 0 Å². The van der Waals surface area contributed by atoms with Crippen molar-refractivity contribution in [1.29, 1.82) is 0 Å². The summed E-state index contributed by atoms with van der Waals surface area (Å²) in [6.07, 6.45) is 4.83. The van der Waals surface area contributed by atoms with Crippen LogP contribution in [0.15, 0.2) is 18.2 Å². The Balaban J connectivity index is 1.76. The molecule has 114 valence electrons. The quantitative estimate of drug-likeness (QED) is 0.848. The number of benzene rings is 1. The van der Waals surface area contributed by atoms with E-state index in [2.05, 4.69) is 5.32 Å². The van der Waals surface area contributed by atoms with Crippen molar-refractivity contribution in [3.63, 3.8) is 0 Å². The van der Waals surface area contributed by atoms with Gasteiger partial charge in [0.2, 0.25) is 0 Å². The smallest absolute Gasteiger partial charge is 0.306 e. The predicted molar refractivity (Wildman–Crippen MR) is 77.3 cm³/mol. The first kappa shape index (κ1) is 15.5. The average Bonchev–Trinajstić information content (AvgIpc) is 2.93. The van der Waals surface area contributed by atoms with Crippen molar-refractivity contribution < 1.29 is 18.7 Å². The molecule has 0 saturated heterocycles. The second kappa shape index (κ2) is 7.20. The van der Waals surface area contributed by atoms with Crippen molar-refractivity contribution in [3.05, 3.63) is 29.6 Å². The molecule has 4 nitrogen and oxygen atoms in total. The number of nitrogens with one attached hydrogen (secondary N) is 1. The molecule has 0 atom stereocenters. The van der Waals surface area contributed by atoms with Crippen molar-refractivity contribution in [3.8, 4) is 0 Å². The second-order valence-corrected chi connectivity index (χ2v) is 5.52. The normalized spacial score (nSPS) is 15.0. The lowest BCUT2D eigenvalue weighted by atomic mass is 10.1. The minimum Gasteiger partial charge on any atom is -0.456 e. The molecule has 0 bridgehead atoms. The van der Waals surface area contributed by atoms with E-state index in [0.29, 0.717) is 18.0 Å². The summed E-state index contributed by atoms with van der Waals surface area (Å²) in [5.74, 6) is -0.823. The minimum absolute atomic E-state index is 0.332. The zero-order valence-corrected chi connectivity index (χ0v) is 12.2. The van der Waals surface area contributed by atoms with Crippen molar-refractivity contribution >= 4 is 17.6 Å². The van der Waals surface area contributed by atoms with Gasteiger partial charge in [0.15, 0.2) is 6.61 Å². The Morgan fingerprint density at radius 2 is 2.05 bits per heavy atom. The number of hydrogen-bond acceptors (Lipinski definition) is 3. The van der Waals surface area contributed by atoms with Crippen molar-refractivity contribution in [1.82, 2.24) is 0 Å². The number of hydrogen-bond donors (Lipinski definition) is 1. The number of aryl methyl sites for hydroxylation is 1. The Morgan fingerprint density at radius 1 is 1.33 bits per heavy atom. The standard InChI is InChI=1S/C16H20FNO3/c1-11-6-7-13(17)9-14(11)18-15(19)10-21-16(20)8-12-4-2-3-5-12/h6-7,9,12H,2-5,8,10H2,1H3,(H,18,19). The first-order chi connectivity index (χ1) is 10.0. The van der Waals surface area contributed by atoms with Gasteiger partial charge in [-0.25, -0.2) is 4.39 Å². The molecule has 1 saturated carbocycles. The van der Waals surface area contributed by atoms with E-state index in [1.165, 1.54) is 12.1 Å². The maximum atomic E-state index is 13.1. The van der Waals surface area contributed by atoms with Gasteiger partial charge in [-0.3, -0.25) is 9.59 Å². The Kier molecular flexibility index (Phi) is 5.31. The number of rotatable bonds is 5. The zero-order chi connectivity index (χ0) is 15.2. The van der Waals surface area contributed by atoms with Gasteiger partial charge in [0, 0.05) is 12.1 Å². The molecule has 1 aliphatic carbocycles. The minimum atomic E-state index is -0.455. The van der Waals surface area contributed by atoms with Crippen molar-refractivity contribution in [2.24, 2.45) is 5.92 Å². The summed E-state index contributed by atoms with van der Waals surface area (Å²) in [6, 6.07) is 4.15. The molecule has 0 aliphatic heterocycles. The van der Waals surface area contributed by atoms with Gasteiger partial charge in [0.25, 0.3) is 5.91 Å². The Bertz CT molecular complexity index is 524. The average molecular weight is 293 g/mol. The highest BCUT2D eigenvalue weighted by atomic mass is 19.1. The van der Waals surface area contributed by atoms with Crippen LogP contribution in [0.25, 0.3) is 0 Å². The van der Waals surface area contributed by atoms with Crippen LogP contribution in [0.2, 0.25) is 0 Å². The molecule has 1 fully saturated rings. The van der Waals surface area contributed by atoms with Crippen LogP contribution in [0.3, 0.4) is 0 Å². The first-order valence-electron chi connectivity index (χ1n) is 7.26. The third kappa shape index (κ3) is 4.85. The summed E-state index contributed by atoms with van der Waals surface area (Å²) in [5, 5.41) is 2.54. The SMILES string of the molecule is Cc1ccc(F)cc1NC(=O)COC(=O)CC1CCCC1. The number of ether oxygens (including phenoxy) is 1. The largest absolute Gasteiger partial charge is 0.456 e. The molecule has 1 aliphatic rings. The number of halogens is 1. The monoisotopic (exact) mass is 293 g/mol. The number of esters is 1. The number of carbonyl (C=O) groups is 2. The number of anilines is 1. The summed E-state index contributed by atoms with van der Waals surface area (Å²) in [5.41, 5.74) is 1.15. The van der Waals surface area contributed by atoms with E-state index in [0.717, 1.165) is 31.2 Å². The summed E-state index contributed by atoms with van der Waals surface area (Å²) in [4.78, 5) is 23.3. The van der Waals surface area contributed by atoms with Crippen LogP contribution < -0.4 is 5.32 Å². The highest BCUT2D eigenvalue weighted by molar-refractivity contribution is 5.93. The molecule has 1 aromatic rings. The van der Waals surface area contributed by atoms with E-state index in [1.54, 1.807) is 13.0 Å². The predicted octanol–water partition coefficient (Wildman–Crippen LogP) is 3.20. The third-order valence-corrected chi connectivity index (χ3v) is 3.77. The van der Waals surface area contributed by atoms with E-state index in [4.69, 9.17) is 4.74 Å². The van der Waals surface area contributed by atoms with E-state index in [-0.39, 0.29) is 12.6 Å². The maximum Gasteiger partial charge on any atom is 0.306 e. The second-order valence-electron chi connectivity index (χ2n) is 5.52. The van der Waals surface area contributed by atoms with Crippen molar-refractivity contribution in [2.75, 3.05) is 11.9 Å². The highest BCUT2D eigenvalue weighted by Gasteiger charge is 2.19. The number of carbonyl (C=O) groups excluding carboxylic acids is 2. The lowest BCUT2D eigenvalue weighted by Crippen LogP contribution is -2.22. The van der Waals surface area contributed by atoms with Gasteiger partial charge in [-0.2, -0.15) is 0 Å². The summed E-state index contributed by atoms with van der Waals surface area (Å²) >= 11 is 0. The van der Waals surface area contributed by atoms with Gasteiger partial charge in [-0.15, -0.1) is 0 Å². The van der Waals surface area contributed by atoms with Crippen LogP contribution in [-0.4, -0.2) is 18.5 Å². The third-order valence-electron chi connectivity index (χ3n) is 3.77. The fourth-order valence-corrected chi connectivity index (χ4v) is 2.57. The van der Waals surface area contributed by atoms with Crippen LogP contribution in [0.5, 0.6) is 0 Å². The maximum absolute atomic E-state index is 13.1. The van der Waals surface area contributed by atoms with E-state index >= 15 is 0 Å². The Labute approximate surface area is 123 Å². The van der Waals surface area contributed by atoms with Crippen LogP contribution in [0.1, 0.15) is 37.7 Å². The molecule has 0 spiro atoms. The summed E-state index contributed by atoms with van der Waals surface area (Å²) in [6.45, 7) is 1.43. The van der Waals surface area contributed by atoms with E-state index < -0.39 is 11.7 Å². The van der Waals surface area contributed by atoms with Gasteiger partial charge in [0.1, 0.15) is 5.82 Å². The molecular weight excluding hydrogens is 273 g/mol. The van der Waals surface area contributed by atoms with Crippen molar-refractivity contribution in [2.45, 2.75) is 39.0 Å². The van der Waals surface area contributed by atoms with Crippen LogP contribution >= 0.6 is 0 Å². The topological polar surface area (TPSA) is 55.4 Å². The Morgan fingerprint density at radius 3 is 2.76 bits per heavy atom. The highest BCUT2D eigenvalue weighted by Crippen LogP contribution is 2.27. The Hall–Kier alpha value is -1.91. The van der Waals surface area contributed by atoms with Gasteiger partial charge in [-0.1, -0.05) is 18.9 Å². The molecule has 21 heavy (non-hydrogen) atoms. The van der Waals surface area contributed by atoms with Gasteiger partial charge in [0.05, 0.1) is 0 Å². The summed E-state index contributed by atoms with van der Waals surface area (Å²) in [7, 11) is 0. The first-order valence-corrected chi connectivity index (χ1v) is 7.26. The zero-order valence-electron chi connectivity index (χ0n) is 12.2. The molecule has 0 radical (unpaired) electrons. The fraction of sp³-hybridized carbons (Fsp3) is 0.500. The fourth-order valence-electron chi connectivity index (χ4n) is 2.57. The van der Waals surface area contributed by atoms with Crippen LogP contribution in [-0.2, 0) is 14.3 Å².